The second-order valence-corrected chi connectivity index (χ2v) is 4.83. The molecule has 2 N–H and O–H groups in total. The van der Waals surface area contributed by atoms with Crippen LogP contribution in [0.15, 0.2) is 30.3 Å². The molecule has 0 unspecified atom stereocenters. The largest absolute Gasteiger partial charge is 0.465 e. The zero-order chi connectivity index (χ0) is 12.8. The van der Waals surface area contributed by atoms with Crippen LogP contribution < -0.4 is 5.32 Å². The molecule has 0 spiro atoms. The van der Waals surface area contributed by atoms with Crippen LogP contribution in [0.2, 0.25) is 0 Å². The highest BCUT2D eigenvalue weighted by molar-refractivity contribution is 5.64. The Balaban J connectivity index is 1.65. The number of likely N-dealkylation sites (tertiary alicyclic amines) is 1. The van der Waals surface area contributed by atoms with Crippen LogP contribution in [0.5, 0.6) is 0 Å². The smallest absolute Gasteiger partial charge is 0.407 e. The summed E-state index contributed by atoms with van der Waals surface area (Å²) >= 11 is 0. The maximum atomic E-state index is 10.8. The SMILES string of the molecule is O=C(O)N1CCC(CNCc2ccccc2)CC1. The van der Waals surface area contributed by atoms with E-state index in [4.69, 9.17) is 5.11 Å². The predicted octanol–water partition coefficient (Wildman–Crippen LogP) is 2.17. The van der Waals surface area contributed by atoms with Crippen molar-refractivity contribution in [2.24, 2.45) is 5.92 Å². The molecule has 4 heteroatoms. The molecule has 0 atom stereocenters. The lowest BCUT2D eigenvalue weighted by Gasteiger charge is -2.30. The van der Waals surface area contributed by atoms with Crippen molar-refractivity contribution >= 4 is 6.09 Å². The van der Waals surface area contributed by atoms with E-state index in [9.17, 15) is 4.79 Å². The summed E-state index contributed by atoms with van der Waals surface area (Å²) in [6.45, 7) is 3.21. The number of nitrogens with one attached hydrogen (secondary N) is 1. The van der Waals surface area contributed by atoms with Gasteiger partial charge in [0.05, 0.1) is 0 Å². The van der Waals surface area contributed by atoms with Gasteiger partial charge >= 0.3 is 6.09 Å². The van der Waals surface area contributed by atoms with Gasteiger partial charge in [-0.2, -0.15) is 0 Å². The molecular weight excluding hydrogens is 228 g/mol. The van der Waals surface area contributed by atoms with Crippen LogP contribution in [0.1, 0.15) is 18.4 Å². The summed E-state index contributed by atoms with van der Waals surface area (Å²) in [4.78, 5) is 12.3. The van der Waals surface area contributed by atoms with E-state index in [1.54, 1.807) is 0 Å². The minimum absolute atomic E-state index is 0.601. The number of hydrogen-bond acceptors (Lipinski definition) is 2. The molecule has 0 saturated carbocycles. The van der Waals surface area contributed by atoms with Crippen LogP contribution in [0.4, 0.5) is 4.79 Å². The molecule has 1 aliphatic rings. The third-order valence-electron chi connectivity index (χ3n) is 3.49. The van der Waals surface area contributed by atoms with Crippen molar-refractivity contribution in [3.8, 4) is 0 Å². The third kappa shape index (κ3) is 3.74. The molecule has 0 aliphatic carbocycles. The first-order valence-electron chi connectivity index (χ1n) is 6.48. The van der Waals surface area contributed by atoms with E-state index in [0.717, 1.165) is 25.9 Å². The number of hydrogen-bond donors (Lipinski definition) is 2. The van der Waals surface area contributed by atoms with E-state index in [1.165, 1.54) is 10.5 Å². The molecular formula is C14H20N2O2. The summed E-state index contributed by atoms with van der Waals surface area (Å²) in [6.07, 6.45) is 1.15. The summed E-state index contributed by atoms with van der Waals surface area (Å²) in [6, 6.07) is 10.3. The number of benzene rings is 1. The molecule has 2 rings (SSSR count). The second kappa shape index (κ2) is 6.40. The number of carboxylic acid groups (broad SMARTS) is 1. The number of amides is 1. The molecule has 1 aliphatic heterocycles. The Labute approximate surface area is 108 Å². The van der Waals surface area contributed by atoms with Gasteiger partial charge in [0.15, 0.2) is 0 Å². The molecule has 0 radical (unpaired) electrons. The number of rotatable bonds is 4. The van der Waals surface area contributed by atoms with E-state index in [2.05, 4.69) is 17.4 Å². The van der Waals surface area contributed by atoms with E-state index in [0.29, 0.717) is 19.0 Å². The van der Waals surface area contributed by atoms with E-state index in [-0.39, 0.29) is 0 Å². The first-order valence-corrected chi connectivity index (χ1v) is 6.48. The summed E-state index contributed by atoms with van der Waals surface area (Å²) in [5.41, 5.74) is 1.29. The summed E-state index contributed by atoms with van der Waals surface area (Å²) in [5, 5.41) is 12.3. The molecule has 1 aromatic rings. The van der Waals surface area contributed by atoms with Crippen LogP contribution in [0, 0.1) is 5.92 Å². The van der Waals surface area contributed by atoms with Gasteiger partial charge in [-0.15, -0.1) is 0 Å². The van der Waals surface area contributed by atoms with Gasteiger partial charge in [-0.05, 0) is 30.9 Å². The van der Waals surface area contributed by atoms with E-state index < -0.39 is 6.09 Å². The minimum Gasteiger partial charge on any atom is -0.465 e. The molecule has 1 heterocycles. The van der Waals surface area contributed by atoms with Gasteiger partial charge in [0.1, 0.15) is 0 Å². The Kier molecular flexibility index (Phi) is 4.59. The van der Waals surface area contributed by atoms with Gasteiger partial charge in [0, 0.05) is 19.6 Å². The Morgan fingerprint density at radius 2 is 1.94 bits per heavy atom. The maximum Gasteiger partial charge on any atom is 0.407 e. The normalized spacial score (nSPS) is 16.8. The molecule has 1 fully saturated rings. The Bertz CT molecular complexity index is 373. The zero-order valence-electron chi connectivity index (χ0n) is 10.5. The van der Waals surface area contributed by atoms with Crippen molar-refractivity contribution in [2.75, 3.05) is 19.6 Å². The van der Waals surface area contributed by atoms with Gasteiger partial charge in [-0.1, -0.05) is 30.3 Å². The first kappa shape index (κ1) is 12.9. The fourth-order valence-electron chi connectivity index (χ4n) is 2.34. The van der Waals surface area contributed by atoms with Gasteiger partial charge in [0.25, 0.3) is 0 Å². The first-order chi connectivity index (χ1) is 8.75. The lowest BCUT2D eigenvalue weighted by atomic mass is 9.97. The standard InChI is InChI=1S/C14H20N2O2/c17-14(18)16-8-6-13(7-9-16)11-15-10-12-4-2-1-3-5-12/h1-5,13,15H,6-11H2,(H,17,18). The summed E-state index contributed by atoms with van der Waals surface area (Å²) < 4.78 is 0. The Hall–Kier alpha value is -1.55. The molecule has 1 aromatic carbocycles. The van der Waals surface area contributed by atoms with Crippen molar-refractivity contribution in [2.45, 2.75) is 19.4 Å². The van der Waals surface area contributed by atoms with Crippen molar-refractivity contribution in [1.82, 2.24) is 10.2 Å². The van der Waals surface area contributed by atoms with Crippen LogP contribution >= 0.6 is 0 Å². The highest BCUT2D eigenvalue weighted by Crippen LogP contribution is 2.16. The highest BCUT2D eigenvalue weighted by Gasteiger charge is 2.21. The van der Waals surface area contributed by atoms with E-state index >= 15 is 0 Å². The van der Waals surface area contributed by atoms with Gasteiger partial charge < -0.3 is 15.3 Å². The van der Waals surface area contributed by atoms with Gasteiger partial charge in [0.2, 0.25) is 0 Å². The zero-order valence-corrected chi connectivity index (χ0v) is 10.5. The second-order valence-electron chi connectivity index (χ2n) is 4.83. The lowest BCUT2D eigenvalue weighted by molar-refractivity contribution is 0.124. The Morgan fingerprint density at radius 3 is 2.56 bits per heavy atom. The highest BCUT2D eigenvalue weighted by atomic mass is 16.4. The fourth-order valence-corrected chi connectivity index (χ4v) is 2.34. The van der Waals surface area contributed by atoms with Gasteiger partial charge in [-0.25, -0.2) is 4.79 Å². The molecule has 1 saturated heterocycles. The molecule has 0 aromatic heterocycles. The summed E-state index contributed by atoms with van der Waals surface area (Å²) in [7, 11) is 0. The quantitative estimate of drug-likeness (QED) is 0.858. The number of piperidine rings is 1. The number of carbonyl (C=O) groups is 1. The van der Waals surface area contributed by atoms with Crippen molar-refractivity contribution < 1.29 is 9.90 Å². The van der Waals surface area contributed by atoms with Gasteiger partial charge in [-0.3, -0.25) is 0 Å². The average molecular weight is 248 g/mol. The fraction of sp³-hybridized carbons (Fsp3) is 0.500. The Morgan fingerprint density at radius 1 is 1.28 bits per heavy atom. The third-order valence-corrected chi connectivity index (χ3v) is 3.49. The minimum atomic E-state index is -0.786. The summed E-state index contributed by atoms with van der Waals surface area (Å²) in [5.74, 6) is 0.601. The monoisotopic (exact) mass is 248 g/mol. The molecule has 1 amide bonds. The topological polar surface area (TPSA) is 52.6 Å². The molecule has 98 valence electrons. The lowest BCUT2D eigenvalue weighted by Crippen LogP contribution is -2.39. The van der Waals surface area contributed by atoms with Crippen LogP contribution in [0.25, 0.3) is 0 Å². The number of nitrogens with zero attached hydrogens (tertiary/aromatic N) is 1. The van der Waals surface area contributed by atoms with Crippen LogP contribution in [-0.2, 0) is 6.54 Å². The van der Waals surface area contributed by atoms with Crippen LogP contribution in [0.3, 0.4) is 0 Å². The molecule has 18 heavy (non-hydrogen) atoms. The van der Waals surface area contributed by atoms with Crippen LogP contribution in [-0.4, -0.2) is 35.7 Å². The molecule has 4 nitrogen and oxygen atoms in total. The maximum absolute atomic E-state index is 10.8. The molecule has 0 bridgehead atoms. The van der Waals surface area contributed by atoms with Crippen molar-refractivity contribution in [3.63, 3.8) is 0 Å². The predicted molar refractivity (Wildman–Crippen MR) is 70.5 cm³/mol. The van der Waals surface area contributed by atoms with Crippen molar-refractivity contribution in [1.29, 1.82) is 0 Å². The van der Waals surface area contributed by atoms with E-state index in [1.807, 2.05) is 18.2 Å². The average Bonchev–Trinajstić information content (AvgIpc) is 2.40. The van der Waals surface area contributed by atoms with Crippen molar-refractivity contribution in [3.05, 3.63) is 35.9 Å².